The average molecular weight is 247 g/mol. The minimum atomic E-state index is 0.394. The van der Waals surface area contributed by atoms with E-state index >= 15 is 0 Å². The highest BCUT2D eigenvalue weighted by Gasteiger charge is 2.14. The summed E-state index contributed by atoms with van der Waals surface area (Å²) < 4.78 is 5.48. The third-order valence-corrected chi connectivity index (χ3v) is 2.69. The number of rotatable bonds is 4. The van der Waals surface area contributed by atoms with E-state index in [2.05, 4.69) is 29.0 Å². The third-order valence-electron chi connectivity index (χ3n) is 2.69. The summed E-state index contributed by atoms with van der Waals surface area (Å²) in [4.78, 5) is 4.45. The fourth-order valence-electron chi connectivity index (χ4n) is 1.67. The van der Waals surface area contributed by atoms with Crippen molar-refractivity contribution in [3.8, 4) is 11.4 Å². The monoisotopic (exact) mass is 247 g/mol. The summed E-state index contributed by atoms with van der Waals surface area (Å²) in [6, 6.07) is 3.72. The summed E-state index contributed by atoms with van der Waals surface area (Å²) in [7, 11) is 0. The fraction of sp³-hybridized carbons (Fsp3) is 0.500. The Morgan fingerprint density at radius 3 is 2.44 bits per heavy atom. The van der Waals surface area contributed by atoms with Gasteiger partial charge in [-0.3, -0.25) is 0 Å². The van der Waals surface area contributed by atoms with E-state index in [1.54, 1.807) is 12.5 Å². The van der Waals surface area contributed by atoms with Gasteiger partial charge in [0.2, 0.25) is 0 Å². The van der Waals surface area contributed by atoms with E-state index in [-0.39, 0.29) is 0 Å². The molecular weight excluding hydrogens is 226 g/mol. The molecule has 0 amide bonds. The highest BCUT2D eigenvalue weighted by molar-refractivity contribution is 5.51. The van der Waals surface area contributed by atoms with Gasteiger partial charge in [0.25, 0.3) is 0 Å². The highest BCUT2D eigenvalue weighted by atomic mass is 16.3. The van der Waals surface area contributed by atoms with Gasteiger partial charge in [-0.2, -0.15) is 5.10 Å². The molecule has 2 aromatic rings. The van der Waals surface area contributed by atoms with Crippen LogP contribution in [-0.4, -0.2) is 15.2 Å². The number of aromatic nitrogens is 3. The van der Waals surface area contributed by atoms with Gasteiger partial charge in [0, 0.05) is 12.1 Å². The lowest BCUT2D eigenvalue weighted by Crippen LogP contribution is -1.95. The van der Waals surface area contributed by atoms with E-state index in [0.29, 0.717) is 5.92 Å². The minimum Gasteiger partial charge on any atom is -0.448 e. The second kappa shape index (κ2) is 7.58. The summed E-state index contributed by atoms with van der Waals surface area (Å²) in [6.45, 7) is 8.28. The first kappa shape index (κ1) is 14.4. The van der Waals surface area contributed by atoms with E-state index < -0.39 is 0 Å². The SMILES string of the molecule is CC.CCC(CC)c1nc(-c2cccnn2)co1. The molecule has 4 nitrogen and oxygen atoms in total. The van der Waals surface area contributed by atoms with E-state index in [1.165, 1.54) is 0 Å². The van der Waals surface area contributed by atoms with Crippen molar-refractivity contribution >= 4 is 0 Å². The highest BCUT2D eigenvalue weighted by Crippen LogP contribution is 2.24. The predicted molar refractivity (Wildman–Crippen MR) is 72.2 cm³/mol. The molecular formula is C14H21N3O. The Morgan fingerprint density at radius 1 is 1.17 bits per heavy atom. The molecule has 0 radical (unpaired) electrons. The van der Waals surface area contributed by atoms with Crippen molar-refractivity contribution in [2.45, 2.75) is 46.5 Å². The number of nitrogens with zero attached hydrogens (tertiary/aromatic N) is 3. The van der Waals surface area contributed by atoms with Crippen molar-refractivity contribution in [2.24, 2.45) is 0 Å². The van der Waals surface area contributed by atoms with Crippen molar-refractivity contribution in [1.29, 1.82) is 0 Å². The molecule has 0 aliphatic carbocycles. The Labute approximate surface area is 108 Å². The maximum atomic E-state index is 5.48. The molecule has 2 rings (SSSR count). The van der Waals surface area contributed by atoms with Gasteiger partial charge in [0.05, 0.1) is 0 Å². The van der Waals surface area contributed by atoms with Gasteiger partial charge in [-0.1, -0.05) is 27.7 Å². The molecule has 0 saturated carbocycles. The van der Waals surface area contributed by atoms with Crippen LogP contribution in [0.1, 0.15) is 52.3 Å². The summed E-state index contributed by atoms with van der Waals surface area (Å²) in [5.74, 6) is 1.19. The van der Waals surface area contributed by atoms with Crippen LogP contribution in [0.15, 0.2) is 29.0 Å². The first-order valence-electron chi connectivity index (χ1n) is 6.58. The molecule has 0 aliphatic heterocycles. The standard InChI is InChI=1S/C12H15N3O.C2H6/c1-3-9(4-2)12-14-11(8-16-12)10-6-5-7-13-15-10;1-2/h5-9H,3-4H2,1-2H3;1-2H3. The lowest BCUT2D eigenvalue weighted by atomic mass is 10.0. The van der Waals surface area contributed by atoms with E-state index in [9.17, 15) is 0 Å². The molecule has 98 valence electrons. The van der Waals surface area contributed by atoms with Crippen molar-refractivity contribution in [3.05, 3.63) is 30.5 Å². The molecule has 2 aromatic heterocycles. The first-order valence-corrected chi connectivity index (χ1v) is 6.58. The van der Waals surface area contributed by atoms with Gasteiger partial charge in [0.15, 0.2) is 5.89 Å². The summed E-state index contributed by atoms with van der Waals surface area (Å²) >= 11 is 0. The van der Waals surface area contributed by atoms with Crippen molar-refractivity contribution in [3.63, 3.8) is 0 Å². The third kappa shape index (κ3) is 3.39. The predicted octanol–water partition coefficient (Wildman–Crippen LogP) is 4.06. The smallest absolute Gasteiger partial charge is 0.197 e. The van der Waals surface area contributed by atoms with Gasteiger partial charge in [-0.25, -0.2) is 4.98 Å². The molecule has 18 heavy (non-hydrogen) atoms. The quantitative estimate of drug-likeness (QED) is 0.817. The van der Waals surface area contributed by atoms with Crippen LogP contribution in [-0.2, 0) is 0 Å². The zero-order valence-corrected chi connectivity index (χ0v) is 11.6. The maximum absolute atomic E-state index is 5.48. The van der Waals surface area contributed by atoms with Gasteiger partial charge in [0.1, 0.15) is 17.7 Å². The van der Waals surface area contributed by atoms with Crippen LogP contribution in [0.25, 0.3) is 11.4 Å². The largest absolute Gasteiger partial charge is 0.448 e. The van der Waals surface area contributed by atoms with Crippen molar-refractivity contribution in [1.82, 2.24) is 15.2 Å². The van der Waals surface area contributed by atoms with E-state index in [4.69, 9.17) is 4.42 Å². The Hall–Kier alpha value is -1.71. The Balaban J connectivity index is 0.000000771. The number of hydrogen-bond acceptors (Lipinski definition) is 4. The van der Waals surface area contributed by atoms with E-state index in [0.717, 1.165) is 30.1 Å². The first-order chi connectivity index (χ1) is 8.85. The second-order valence-corrected chi connectivity index (χ2v) is 3.69. The Kier molecular flexibility index (Phi) is 6.05. The zero-order valence-electron chi connectivity index (χ0n) is 11.6. The Morgan fingerprint density at radius 2 is 1.89 bits per heavy atom. The lowest BCUT2D eigenvalue weighted by Gasteiger charge is -2.05. The van der Waals surface area contributed by atoms with Crippen LogP contribution in [0, 0.1) is 0 Å². The van der Waals surface area contributed by atoms with Gasteiger partial charge < -0.3 is 4.42 Å². The molecule has 0 saturated heterocycles. The van der Waals surface area contributed by atoms with Crippen LogP contribution in [0.4, 0.5) is 0 Å². The summed E-state index contributed by atoms with van der Waals surface area (Å²) in [6.07, 6.45) is 5.37. The van der Waals surface area contributed by atoms with Crippen LogP contribution < -0.4 is 0 Å². The molecule has 0 atom stereocenters. The lowest BCUT2D eigenvalue weighted by molar-refractivity contribution is 0.431. The zero-order chi connectivity index (χ0) is 13.4. The Bertz CT molecular complexity index is 435. The number of hydrogen-bond donors (Lipinski definition) is 0. The van der Waals surface area contributed by atoms with E-state index in [1.807, 2.05) is 26.0 Å². The van der Waals surface area contributed by atoms with Crippen LogP contribution >= 0.6 is 0 Å². The summed E-state index contributed by atoms with van der Waals surface area (Å²) in [5.41, 5.74) is 1.51. The second-order valence-electron chi connectivity index (χ2n) is 3.69. The average Bonchev–Trinajstić information content (AvgIpc) is 2.93. The molecule has 0 spiro atoms. The van der Waals surface area contributed by atoms with Crippen LogP contribution in [0.3, 0.4) is 0 Å². The van der Waals surface area contributed by atoms with Crippen molar-refractivity contribution in [2.75, 3.05) is 0 Å². The molecule has 2 heterocycles. The summed E-state index contributed by atoms with van der Waals surface area (Å²) in [5, 5.41) is 7.82. The van der Waals surface area contributed by atoms with Crippen LogP contribution in [0.5, 0.6) is 0 Å². The fourth-order valence-corrected chi connectivity index (χ4v) is 1.67. The van der Waals surface area contributed by atoms with Gasteiger partial charge in [-0.15, -0.1) is 5.10 Å². The molecule has 0 N–H and O–H groups in total. The molecule has 0 unspecified atom stereocenters. The molecule has 0 bridgehead atoms. The normalized spacial score (nSPS) is 10.1. The maximum Gasteiger partial charge on any atom is 0.197 e. The topological polar surface area (TPSA) is 51.8 Å². The van der Waals surface area contributed by atoms with Gasteiger partial charge >= 0.3 is 0 Å². The molecule has 0 aliphatic rings. The van der Waals surface area contributed by atoms with Crippen LogP contribution in [0.2, 0.25) is 0 Å². The molecule has 0 fully saturated rings. The minimum absolute atomic E-state index is 0.394. The van der Waals surface area contributed by atoms with Gasteiger partial charge in [-0.05, 0) is 25.0 Å². The number of oxazole rings is 1. The van der Waals surface area contributed by atoms with Crippen molar-refractivity contribution < 1.29 is 4.42 Å². The molecule has 4 heteroatoms. The molecule has 0 aromatic carbocycles.